The molecular weight excluding hydrogens is 264 g/mol. The molecule has 0 amide bonds. The van der Waals surface area contributed by atoms with Gasteiger partial charge in [0.2, 0.25) is 0 Å². The number of nitrogens with zero attached hydrogens (tertiary/aromatic N) is 1. The van der Waals surface area contributed by atoms with Gasteiger partial charge in [0.1, 0.15) is 0 Å². The zero-order valence-electron chi connectivity index (χ0n) is 14.4. The second-order valence-corrected chi connectivity index (χ2v) is 8.44. The minimum absolute atomic E-state index is 0.514. The zero-order chi connectivity index (χ0) is 15.0. The van der Waals surface area contributed by atoms with Crippen molar-refractivity contribution in [3.63, 3.8) is 0 Å². The van der Waals surface area contributed by atoms with E-state index in [0.29, 0.717) is 5.41 Å². The van der Waals surface area contributed by atoms with Crippen molar-refractivity contribution >= 4 is 11.8 Å². The normalized spacial score (nSPS) is 27.4. The van der Waals surface area contributed by atoms with Crippen molar-refractivity contribution in [2.75, 3.05) is 45.2 Å². The molecule has 1 rings (SSSR count). The maximum atomic E-state index is 3.75. The highest BCUT2D eigenvalue weighted by Crippen LogP contribution is 2.39. The van der Waals surface area contributed by atoms with E-state index >= 15 is 0 Å². The van der Waals surface area contributed by atoms with Crippen LogP contribution in [0.5, 0.6) is 0 Å². The number of hydrogen-bond donors (Lipinski definition) is 1. The van der Waals surface area contributed by atoms with Gasteiger partial charge in [0.15, 0.2) is 0 Å². The SMILES string of the molecule is CSCCN(C)CC1(CNCC(C)C)CCCC(C)C1. The van der Waals surface area contributed by atoms with Gasteiger partial charge >= 0.3 is 0 Å². The molecule has 1 aliphatic carbocycles. The third kappa shape index (κ3) is 6.82. The quantitative estimate of drug-likeness (QED) is 0.698. The predicted octanol–water partition coefficient (Wildman–Crippen LogP) is 3.72. The molecule has 2 nitrogen and oxygen atoms in total. The zero-order valence-corrected chi connectivity index (χ0v) is 15.2. The number of rotatable bonds is 9. The van der Waals surface area contributed by atoms with Crippen LogP contribution in [0.2, 0.25) is 0 Å². The summed E-state index contributed by atoms with van der Waals surface area (Å²) < 4.78 is 0. The number of thioether (sulfide) groups is 1. The molecule has 0 heterocycles. The average molecular weight is 301 g/mol. The molecule has 0 radical (unpaired) electrons. The summed E-state index contributed by atoms with van der Waals surface area (Å²) in [6.07, 6.45) is 7.87. The third-order valence-electron chi connectivity index (χ3n) is 4.52. The summed E-state index contributed by atoms with van der Waals surface area (Å²) in [6, 6.07) is 0. The molecule has 2 atom stereocenters. The second-order valence-electron chi connectivity index (χ2n) is 7.46. The molecule has 0 spiro atoms. The molecule has 0 aromatic carbocycles. The van der Waals surface area contributed by atoms with E-state index in [1.54, 1.807) is 0 Å². The monoisotopic (exact) mass is 300 g/mol. The third-order valence-corrected chi connectivity index (χ3v) is 5.11. The molecule has 2 unspecified atom stereocenters. The smallest absolute Gasteiger partial charge is 0.00694 e. The van der Waals surface area contributed by atoms with Crippen LogP contribution in [-0.4, -0.2) is 50.1 Å². The topological polar surface area (TPSA) is 15.3 Å². The molecule has 0 saturated heterocycles. The van der Waals surface area contributed by atoms with Gasteiger partial charge in [0.05, 0.1) is 0 Å². The van der Waals surface area contributed by atoms with Crippen LogP contribution >= 0.6 is 11.8 Å². The van der Waals surface area contributed by atoms with Gasteiger partial charge in [-0.1, -0.05) is 33.6 Å². The van der Waals surface area contributed by atoms with Gasteiger partial charge in [-0.25, -0.2) is 0 Å². The molecule has 120 valence electrons. The van der Waals surface area contributed by atoms with E-state index in [4.69, 9.17) is 0 Å². The van der Waals surface area contributed by atoms with Gasteiger partial charge in [-0.3, -0.25) is 0 Å². The second kappa shape index (κ2) is 9.32. The van der Waals surface area contributed by atoms with Crippen molar-refractivity contribution in [1.82, 2.24) is 10.2 Å². The van der Waals surface area contributed by atoms with Crippen LogP contribution in [0, 0.1) is 17.3 Å². The lowest BCUT2D eigenvalue weighted by atomic mass is 9.69. The predicted molar refractivity (Wildman–Crippen MR) is 93.7 cm³/mol. The molecule has 0 aromatic heterocycles. The van der Waals surface area contributed by atoms with Crippen molar-refractivity contribution in [2.24, 2.45) is 17.3 Å². The van der Waals surface area contributed by atoms with Crippen LogP contribution in [0.4, 0.5) is 0 Å². The molecule has 1 saturated carbocycles. The first-order valence-electron chi connectivity index (χ1n) is 8.35. The van der Waals surface area contributed by atoms with Crippen molar-refractivity contribution in [2.45, 2.75) is 46.5 Å². The van der Waals surface area contributed by atoms with E-state index in [0.717, 1.165) is 18.4 Å². The van der Waals surface area contributed by atoms with Gasteiger partial charge in [-0.15, -0.1) is 0 Å². The average Bonchev–Trinajstić information content (AvgIpc) is 2.35. The molecule has 0 bridgehead atoms. The first kappa shape index (κ1) is 18.3. The van der Waals surface area contributed by atoms with Crippen LogP contribution in [0.15, 0.2) is 0 Å². The minimum atomic E-state index is 0.514. The Labute approximate surface area is 131 Å². The highest BCUT2D eigenvalue weighted by Gasteiger charge is 2.35. The number of nitrogens with one attached hydrogen (secondary N) is 1. The van der Waals surface area contributed by atoms with Gasteiger partial charge in [-0.05, 0) is 49.9 Å². The van der Waals surface area contributed by atoms with Crippen molar-refractivity contribution in [3.05, 3.63) is 0 Å². The standard InChI is InChI=1S/C17H36N2S/c1-15(2)12-18-13-17(8-6-7-16(3)11-17)14-19(4)9-10-20-5/h15-16,18H,6-14H2,1-5H3. The van der Waals surface area contributed by atoms with Crippen LogP contribution in [0.1, 0.15) is 46.5 Å². The molecule has 1 aliphatic rings. The van der Waals surface area contributed by atoms with Crippen molar-refractivity contribution in [3.8, 4) is 0 Å². The summed E-state index contributed by atoms with van der Waals surface area (Å²) >= 11 is 1.96. The van der Waals surface area contributed by atoms with E-state index in [9.17, 15) is 0 Å². The Bertz CT molecular complexity index is 257. The first-order valence-corrected chi connectivity index (χ1v) is 9.75. The summed E-state index contributed by atoms with van der Waals surface area (Å²) in [7, 11) is 2.31. The van der Waals surface area contributed by atoms with E-state index in [1.165, 1.54) is 51.1 Å². The molecule has 1 N–H and O–H groups in total. The van der Waals surface area contributed by atoms with Gasteiger partial charge < -0.3 is 10.2 Å². The largest absolute Gasteiger partial charge is 0.316 e. The number of hydrogen-bond acceptors (Lipinski definition) is 3. The summed E-state index contributed by atoms with van der Waals surface area (Å²) in [5, 5.41) is 3.75. The van der Waals surface area contributed by atoms with E-state index in [2.05, 4.69) is 44.3 Å². The molecular formula is C17H36N2S. The minimum Gasteiger partial charge on any atom is -0.316 e. The van der Waals surface area contributed by atoms with Crippen molar-refractivity contribution < 1.29 is 0 Å². The Morgan fingerprint density at radius 2 is 2.15 bits per heavy atom. The van der Waals surface area contributed by atoms with Crippen LogP contribution < -0.4 is 5.32 Å². The summed E-state index contributed by atoms with van der Waals surface area (Å²) in [5.41, 5.74) is 0.514. The highest BCUT2D eigenvalue weighted by atomic mass is 32.2. The maximum absolute atomic E-state index is 3.75. The van der Waals surface area contributed by atoms with E-state index < -0.39 is 0 Å². The molecule has 1 fully saturated rings. The molecule has 0 aromatic rings. The van der Waals surface area contributed by atoms with E-state index in [1.807, 2.05) is 11.8 Å². The van der Waals surface area contributed by atoms with Crippen LogP contribution in [0.25, 0.3) is 0 Å². The van der Waals surface area contributed by atoms with Crippen LogP contribution in [-0.2, 0) is 0 Å². The first-order chi connectivity index (χ1) is 9.47. The Kier molecular flexibility index (Phi) is 8.54. The lowest BCUT2D eigenvalue weighted by Crippen LogP contribution is -2.46. The maximum Gasteiger partial charge on any atom is 0.00694 e. The molecule has 3 heteroatoms. The Morgan fingerprint density at radius 1 is 1.40 bits per heavy atom. The van der Waals surface area contributed by atoms with Gasteiger partial charge in [0, 0.05) is 25.4 Å². The molecule has 0 aliphatic heterocycles. The Hall–Kier alpha value is 0.270. The van der Waals surface area contributed by atoms with Crippen molar-refractivity contribution in [1.29, 1.82) is 0 Å². The summed E-state index contributed by atoms with van der Waals surface area (Å²) in [4.78, 5) is 2.56. The molecule has 20 heavy (non-hydrogen) atoms. The van der Waals surface area contributed by atoms with Gasteiger partial charge in [-0.2, -0.15) is 11.8 Å². The summed E-state index contributed by atoms with van der Waals surface area (Å²) in [5.74, 6) is 2.91. The highest BCUT2D eigenvalue weighted by molar-refractivity contribution is 7.98. The fraction of sp³-hybridized carbons (Fsp3) is 1.00. The lowest BCUT2D eigenvalue weighted by molar-refractivity contribution is 0.0938. The van der Waals surface area contributed by atoms with Crippen LogP contribution in [0.3, 0.4) is 0 Å². The Balaban J connectivity index is 2.53. The van der Waals surface area contributed by atoms with Gasteiger partial charge in [0.25, 0.3) is 0 Å². The summed E-state index contributed by atoms with van der Waals surface area (Å²) in [6.45, 7) is 11.9. The lowest BCUT2D eigenvalue weighted by Gasteiger charge is -2.43. The fourth-order valence-electron chi connectivity index (χ4n) is 3.65. The van der Waals surface area contributed by atoms with E-state index in [-0.39, 0.29) is 0 Å². The Morgan fingerprint density at radius 3 is 2.75 bits per heavy atom. The fourth-order valence-corrected chi connectivity index (χ4v) is 4.15.